The molecule has 1 atom stereocenters. The number of nitrogens with zero attached hydrogens (tertiary/aromatic N) is 5. The number of carbonyl (C=O) groups excluding carboxylic acids is 3. The van der Waals surface area contributed by atoms with E-state index in [9.17, 15) is 24.3 Å². The summed E-state index contributed by atoms with van der Waals surface area (Å²) in [5.74, 6) is -2.63. The number of hydrogen-bond donors (Lipinski definition) is 2. The summed E-state index contributed by atoms with van der Waals surface area (Å²) in [6.07, 6.45) is 8.08. The Bertz CT molecular complexity index is 1920. The average molecular weight is 531 g/mol. The van der Waals surface area contributed by atoms with Crippen LogP contribution in [0.25, 0.3) is 11.2 Å². The van der Waals surface area contributed by atoms with Crippen LogP contribution in [0.1, 0.15) is 37.7 Å². The Morgan fingerprint density at radius 3 is 2.70 bits per heavy atom. The molecule has 11 nitrogen and oxygen atoms in total. The number of pyridine rings is 2. The molecule has 2 N–H and O–H groups in total. The van der Waals surface area contributed by atoms with E-state index in [0.29, 0.717) is 34.7 Å². The van der Waals surface area contributed by atoms with Crippen LogP contribution in [0.4, 0.5) is 5.69 Å². The summed E-state index contributed by atoms with van der Waals surface area (Å²) in [5.41, 5.74) is 3.73. The van der Waals surface area contributed by atoms with Crippen molar-refractivity contribution in [1.82, 2.24) is 19.7 Å². The van der Waals surface area contributed by atoms with E-state index in [1.165, 1.54) is 24.5 Å². The van der Waals surface area contributed by atoms with Crippen molar-refractivity contribution in [3.8, 4) is 0 Å². The number of nitrogens with one attached hydrogen (secondary N) is 1. The first-order valence-corrected chi connectivity index (χ1v) is 12.3. The number of carboxylic acid groups (broad SMARTS) is 1. The molecule has 3 aliphatic heterocycles. The summed E-state index contributed by atoms with van der Waals surface area (Å²) in [5, 5.41) is 11.8. The third kappa shape index (κ3) is 3.41. The lowest BCUT2D eigenvalue weighted by atomic mass is 9.94. The van der Waals surface area contributed by atoms with Gasteiger partial charge in [-0.05, 0) is 29.8 Å². The summed E-state index contributed by atoms with van der Waals surface area (Å²) in [7, 11) is 0. The molecule has 3 aliphatic rings. The molecule has 1 unspecified atom stereocenters. The van der Waals surface area contributed by atoms with Crippen molar-refractivity contribution in [3.63, 3.8) is 0 Å². The number of imide groups is 1. The van der Waals surface area contributed by atoms with E-state index in [0.717, 1.165) is 5.56 Å². The third-order valence-electron chi connectivity index (χ3n) is 7.22. The number of carboxylic acids is 1. The molecule has 0 saturated carbocycles. The van der Waals surface area contributed by atoms with Crippen LogP contribution in [0.15, 0.2) is 90.1 Å². The van der Waals surface area contributed by atoms with Gasteiger partial charge in [-0.25, -0.2) is 9.78 Å². The minimum absolute atomic E-state index is 0.0321. The SMILES string of the molecule is O=C1NC(=O)C(c2cnc3ccccn23)=C1C1=NC=CN2c3c(cccc31)CC2C(=O)c1cc(C(=O)O)ccn1. The molecule has 11 heteroatoms. The van der Waals surface area contributed by atoms with Gasteiger partial charge < -0.3 is 10.0 Å². The first kappa shape index (κ1) is 23.4. The highest BCUT2D eigenvalue weighted by molar-refractivity contribution is 6.47. The fraction of sp³-hybridized carbons (Fsp3) is 0.0690. The number of Topliss-reactive ketones (excluding diaryl/α,β-unsaturated/α-hetero) is 1. The molecule has 194 valence electrons. The zero-order valence-electron chi connectivity index (χ0n) is 20.6. The van der Waals surface area contributed by atoms with Crippen LogP contribution in [-0.2, 0) is 16.0 Å². The highest BCUT2D eigenvalue weighted by Crippen LogP contribution is 2.40. The molecule has 0 bridgehead atoms. The van der Waals surface area contributed by atoms with Crippen LogP contribution in [0.2, 0.25) is 0 Å². The summed E-state index contributed by atoms with van der Waals surface area (Å²) < 4.78 is 1.73. The largest absolute Gasteiger partial charge is 0.478 e. The maximum Gasteiger partial charge on any atom is 0.335 e. The number of benzene rings is 1. The van der Waals surface area contributed by atoms with Gasteiger partial charge in [-0.3, -0.25) is 34.1 Å². The second kappa shape index (κ2) is 8.67. The molecule has 4 aromatic rings. The predicted molar refractivity (Wildman–Crippen MR) is 143 cm³/mol. The number of carbonyl (C=O) groups is 4. The predicted octanol–water partition coefficient (Wildman–Crippen LogP) is 2.43. The Hall–Kier alpha value is -5.71. The molecule has 3 aromatic heterocycles. The number of anilines is 1. The average Bonchev–Trinajstić information content (AvgIpc) is 3.59. The van der Waals surface area contributed by atoms with Gasteiger partial charge >= 0.3 is 5.97 Å². The van der Waals surface area contributed by atoms with Gasteiger partial charge in [0.1, 0.15) is 17.4 Å². The molecular weight excluding hydrogens is 512 g/mol. The Balaban J connectivity index is 1.35. The summed E-state index contributed by atoms with van der Waals surface area (Å²) in [6, 6.07) is 12.8. The van der Waals surface area contributed by atoms with Gasteiger partial charge in [-0.15, -0.1) is 0 Å². The summed E-state index contributed by atoms with van der Waals surface area (Å²) in [6.45, 7) is 0. The van der Waals surface area contributed by atoms with Crippen molar-refractivity contribution in [2.24, 2.45) is 4.99 Å². The number of para-hydroxylation sites is 1. The third-order valence-corrected chi connectivity index (χ3v) is 7.22. The van der Waals surface area contributed by atoms with E-state index in [4.69, 9.17) is 0 Å². The Labute approximate surface area is 225 Å². The lowest BCUT2D eigenvalue weighted by molar-refractivity contribution is -0.123. The quantitative estimate of drug-likeness (QED) is 0.296. The molecule has 0 fully saturated rings. The molecule has 40 heavy (non-hydrogen) atoms. The molecule has 1 aromatic carbocycles. The van der Waals surface area contributed by atoms with E-state index in [-0.39, 0.29) is 28.2 Å². The van der Waals surface area contributed by atoms with Crippen molar-refractivity contribution in [2.45, 2.75) is 12.5 Å². The molecule has 6 heterocycles. The van der Waals surface area contributed by atoms with Crippen molar-refractivity contribution < 1.29 is 24.3 Å². The Kier molecular flexibility index (Phi) is 5.07. The van der Waals surface area contributed by atoms with Crippen LogP contribution in [0, 0.1) is 0 Å². The van der Waals surface area contributed by atoms with E-state index >= 15 is 0 Å². The molecule has 0 aliphatic carbocycles. The van der Waals surface area contributed by atoms with Gasteiger partial charge in [-0.2, -0.15) is 0 Å². The summed E-state index contributed by atoms with van der Waals surface area (Å²) >= 11 is 0. The molecule has 0 spiro atoms. The standard InChI is InChI=1S/C29H18N6O5/c36-26(18-12-16(29(39)40)7-8-30-18)19-13-15-4-3-5-17-24(31-9-11-35(19)25(15)17)23-22(27(37)33-28(23)38)20-14-32-21-6-1-2-10-34(20)21/h1-12,14,19H,13H2,(H,39,40)(H,33,37,38). The van der Waals surface area contributed by atoms with Crippen LogP contribution in [0.3, 0.4) is 0 Å². The second-order valence-corrected chi connectivity index (χ2v) is 9.42. The number of aromatic nitrogens is 3. The highest BCUT2D eigenvalue weighted by Gasteiger charge is 2.41. The van der Waals surface area contributed by atoms with Gasteiger partial charge in [0.05, 0.1) is 40.0 Å². The van der Waals surface area contributed by atoms with E-state index < -0.39 is 23.8 Å². The van der Waals surface area contributed by atoms with Crippen LogP contribution >= 0.6 is 0 Å². The number of hydrogen-bond acceptors (Lipinski definition) is 8. The van der Waals surface area contributed by atoms with Crippen LogP contribution < -0.4 is 10.2 Å². The topological polar surface area (TPSA) is 146 Å². The lowest BCUT2D eigenvalue weighted by Crippen LogP contribution is -2.36. The molecule has 2 amide bonds. The van der Waals surface area contributed by atoms with Gasteiger partial charge in [0.2, 0.25) is 5.78 Å². The number of fused-ring (bicyclic) bond motifs is 1. The number of aliphatic imine (C=N–C) groups is 1. The normalized spacial score (nSPS) is 17.6. The molecule has 7 rings (SSSR count). The smallest absolute Gasteiger partial charge is 0.335 e. The monoisotopic (exact) mass is 530 g/mol. The van der Waals surface area contributed by atoms with Crippen molar-refractivity contribution >= 4 is 46.2 Å². The van der Waals surface area contributed by atoms with Gasteiger partial charge in [0.15, 0.2) is 0 Å². The van der Waals surface area contributed by atoms with Crippen molar-refractivity contribution in [3.05, 3.63) is 113 Å². The Morgan fingerprint density at radius 1 is 1.00 bits per heavy atom. The van der Waals surface area contributed by atoms with Gasteiger partial charge in [0, 0.05) is 36.8 Å². The minimum Gasteiger partial charge on any atom is -0.478 e. The second-order valence-electron chi connectivity index (χ2n) is 9.42. The molecule has 0 radical (unpaired) electrons. The molecule has 0 saturated heterocycles. The van der Waals surface area contributed by atoms with Crippen molar-refractivity contribution in [2.75, 3.05) is 4.90 Å². The van der Waals surface area contributed by atoms with E-state index in [1.54, 1.807) is 46.1 Å². The summed E-state index contributed by atoms with van der Waals surface area (Å²) in [4.78, 5) is 66.2. The van der Waals surface area contributed by atoms with E-state index in [1.807, 2.05) is 18.2 Å². The van der Waals surface area contributed by atoms with Crippen molar-refractivity contribution in [1.29, 1.82) is 0 Å². The van der Waals surface area contributed by atoms with Gasteiger partial charge in [-0.1, -0.05) is 24.3 Å². The number of imidazole rings is 1. The molecular formula is C29H18N6O5. The maximum absolute atomic E-state index is 13.6. The van der Waals surface area contributed by atoms with Crippen LogP contribution in [-0.4, -0.2) is 54.8 Å². The highest BCUT2D eigenvalue weighted by atomic mass is 16.4. The first-order chi connectivity index (χ1) is 19.4. The maximum atomic E-state index is 13.6. The first-order valence-electron chi connectivity index (χ1n) is 12.3. The minimum atomic E-state index is -1.15. The number of amides is 2. The fourth-order valence-corrected chi connectivity index (χ4v) is 5.47. The fourth-order valence-electron chi connectivity index (χ4n) is 5.47. The zero-order valence-corrected chi connectivity index (χ0v) is 20.6. The van der Waals surface area contributed by atoms with E-state index in [2.05, 4.69) is 20.3 Å². The lowest BCUT2D eigenvalue weighted by Gasteiger charge is -2.23. The number of rotatable bonds is 5. The number of aromatic carboxylic acids is 1. The zero-order chi connectivity index (χ0) is 27.5. The number of ketones is 1. The Morgan fingerprint density at radius 2 is 1.85 bits per heavy atom. The van der Waals surface area contributed by atoms with Crippen LogP contribution in [0.5, 0.6) is 0 Å². The van der Waals surface area contributed by atoms with Gasteiger partial charge in [0.25, 0.3) is 11.8 Å².